The Morgan fingerprint density at radius 1 is 1.52 bits per heavy atom. The number of carboxylic acids is 1. The van der Waals surface area contributed by atoms with Gasteiger partial charge < -0.3 is 9.84 Å². The van der Waals surface area contributed by atoms with Gasteiger partial charge in [-0.05, 0) is 30.9 Å². The Morgan fingerprint density at radius 2 is 2.29 bits per heavy atom. The number of nitrogens with zero attached hydrogens (tertiary/aromatic N) is 1. The number of hydrogen-bond acceptors (Lipinski definition) is 5. The normalized spacial score (nSPS) is 20.5. The van der Waals surface area contributed by atoms with Crippen LogP contribution in [0.5, 0.6) is 0 Å². The highest BCUT2D eigenvalue weighted by Crippen LogP contribution is 2.27. The average Bonchev–Trinajstić information content (AvgIpc) is 2.86. The molecule has 0 aliphatic carbocycles. The predicted octanol–water partition coefficient (Wildman–Crippen LogP) is 1.39. The van der Waals surface area contributed by atoms with E-state index >= 15 is 0 Å². The van der Waals surface area contributed by atoms with E-state index in [-0.39, 0.29) is 29.9 Å². The molecule has 2 heterocycles. The van der Waals surface area contributed by atoms with E-state index in [2.05, 4.69) is 0 Å². The summed E-state index contributed by atoms with van der Waals surface area (Å²) >= 11 is 0.606. The number of piperidine rings is 1. The molecule has 21 heavy (non-hydrogen) atoms. The fraction of sp³-hybridized carbons (Fsp3) is 0.583. The van der Waals surface area contributed by atoms with Crippen molar-refractivity contribution in [3.63, 3.8) is 0 Å². The van der Waals surface area contributed by atoms with Crippen LogP contribution in [0.15, 0.2) is 16.3 Å². The summed E-state index contributed by atoms with van der Waals surface area (Å²) in [5.74, 6) is -1.10. The van der Waals surface area contributed by atoms with Crippen LogP contribution in [0.2, 0.25) is 0 Å². The first kappa shape index (κ1) is 16.3. The summed E-state index contributed by atoms with van der Waals surface area (Å²) in [5, 5.41) is 7.97. The summed E-state index contributed by atoms with van der Waals surface area (Å²) in [6.45, 7) is 0.468. The van der Waals surface area contributed by atoms with Gasteiger partial charge in [-0.1, -0.05) is 11.3 Å². The van der Waals surface area contributed by atoms with Crippen molar-refractivity contribution in [2.45, 2.75) is 17.1 Å². The fourth-order valence-electron chi connectivity index (χ4n) is 2.26. The maximum atomic E-state index is 13.0. The summed E-state index contributed by atoms with van der Waals surface area (Å²) in [6, 6.07) is 2.40. The molecule has 9 heteroatoms. The van der Waals surface area contributed by atoms with E-state index in [0.29, 0.717) is 24.3 Å². The summed E-state index contributed by atoms with van der Waals surface area (Å²) in [7, 11) is -3.68. The highest BCUT2D eigenvalue weighted by molar-refractivity contribution is 7.91. The van der Waals surface area contributed by atoms with Crippen LogP contribution in [-0.4, -0.2) is 50.1 Å². The maximum absolute atomic E-state index is 13.0. The molecule has 0 spiro atoms. The van der Waals surface area contributed by atoms with Crippen molar-refractivity contribution in [1.82, 2.24) is 4.31 Å². The van der Waals surface area contributed by atoms with Gasteiger partial charge in [0.15, 0.2) is 5.13 Å². The molecule has 1 N–H and O–H groups in total. The number of carbonyl (C=O) groups is 1. The summed E-state index contributed by atoms with van der Waals surface area (Å²) in [6.07, 6.45) is 1.46. The van der Waals surface area contributed by atoms with Crippen LogP contribution in [0.1, 0.15) is 12.8 Å². The van der Waals surface area contributed by atoms with E-state index in [1.54, 1.807) is 0 Å². The van der Waals surface area contributed by atoms with E-state index < -0.39 is 21.1 Å². The Balaban J connectivity index is 1.98. The highest BCUT2D eigenvalue weighted by Gasteiger charge is 2.31. The molecule has 0 bridgehead atoms. The fourth-order valence-corrected chi connectivity index (χ4v) is 4.97. The van der Waals surface area contributed by atoms with Crippen LogP contribution in [-0.2, 0) is 19.6 Å². The molecule has 118 valence electrons. The van der Waals surface area contributed by atoms with Crippen molar-refractivity contribution in [2.75, 3.05) is 26.3 Å². The van der Waals surface area contributed by atoms with Gasteiger partial charge in [-0.2, -0.15) is 8.70 Å². The molecule has 0 aromatic carbocycles. The van der Waals surface area contributed by atoms with Crippen molar-refractivity contribution >= 4 is 27.3 Å². The Bertz CT molecular complexity index is 601. The van der Waals surface area contributed by atoms with Gasteiger partial charge in [-0.3, -0.25) is 0 Å². The predicted molar refractivity (Wildman–Crippen MR) is 74.2 cm³/mol. The Labute approximate surface area is 126 Å². The number of rotatable bonds is 6. The number of ether oxygens (including phenoxy) is 1. The van der Waals surface area contributed by atoms with Gasteiger partial charge in [0.25, 0.3) is 10.0 Å². The van der Waals surface area contributed by atoms with E-state index in [1.807, 2.05) is 0 Å². The molecule has 1 saturated heterocycles. The van der Waals surface area contributed by atoms with Crippen LogP contribution < -0.4 is 0 Å². The van der Waals surface area contributed by atoms with Gasteiger partial charge in [0.05, 0.1) is 6.61 Å². The molecule has 1 unspecified atom stereocenters. The molecule has 1 aliphatic rings. The minimum Gasteiger partial charge on any atom is -0.480 e. The third-order valence-electron chi connectivity index (χ3n) is 3.20. The number of carboxylic acid groups (broad SMARTS) is 1. The molecular formula is C12H16FNO5S2. The van der Waals surface area contributed by atoms with Gasteiger partial charge in [-0.25, -0.2) is 13.2 Å². The summed E-state index contributed by atoms with van der Waals surface area (Å²) in [5.41, 5.74) is 0. The van der Waals surface area contributed by atoms with Gasteiger partial charge in [0.2, 0.25) is 0 Å². The zero-order valence-electron chi connectivity index (χ0n) is 11.2. The third kappa shape index (κ3) is 4.22. The monoisotopic (exact) mass is 337 g/mol. The van der Waals surface area contributed by atoms with Gasteiger partial charge in [0, 0.05) is 13.1 Å². The molecule has 0 amide bonds. The lowest BCUT2D eigenvalue weighted by Crippen LogP contribution is -2.41. The van der Waals surface area contributed by atoms with Gasteiger partial charge in [-0.15, -0.1) is 0 Å². The van der Waals surface area contributed by atoms with E-state index in [4.69, 9.17) is 9.84 Å². The highest BCUT2D eigenvalue weighted by atomic mass is 32.2. The van der Waals surface area contributed by atoms with Crippen LogP contribution >= 0.6 is 11.3 Å². The molecule has 1 aliphatic heterocycles. The van der Waals surface area contributed by atoms with Gasteiger partial charge >= 0.3 is 5.97 Å². The first-order valence-electron chi connectivity index (χ1n) is 6.44. The van der Waals surface area contributed by atoms with Crippen LogP contribution in [0.4, 0.5) is 4.39 Å². The van der Waals surface area contributed by atoms with Crippen LogP contribution in [0.3, 0.4) is 0 Å². The molecule has 0 radical (unpaired) electrons. The topological polar surface area (TPSA) is 83.9 Å². The SMILES string of the molecule is O=C(O)COCC1CCCN(S(=O)(=O)c2ccc(F)s2)C1. The zero-order valence-corrected chi connectivity index (χ0v) is 12.8. The van der Waals surface area contributed by atoms with Gasteiger partial charge in [0.1, 0.15) is 10.8 Å². The summed E-state index contributed by atoms with van der Waals surface area (Å²) < 4.78 is 44.1. The van der Waals surface area contributed by atoms with E-state index in [1.165, 1.54) is 10.4 Å². The van der Waals surface area contributed by atoms with Crippen molar-refractivity contribution < 1.29 is 27.4 Å². The average molecular weight is 337 g/mol. The van der Waals surface area contributed by atoms with Crippen molar-refractivity contribution in [2.24, 2.45) is 5.92 Å². The Morgan fingerprint density at radius 3 is 2.90 bits per heavy atom. The minimum atomic E-state index is -3.68. The number of hydrogen-bond donors (Lipinski definition) is 1. The summed E-state index contributed by atoms with van der Waals surface area (Å²) in [4.78, 5) is 10.4. The Kier molecular flexibility index (Phi) is 5.31. The quantitative estimate of drug-likeness (QED) is 0.848. The maximum Gasteiger partial charge on any atom is 0.329 e. The largest absolute Gasteiger partial charge is 0.480 e. The number of aliphatic carboxylic acids is 1. The van der Waals surface area contributed by atoms with E-state index in [9.17, 15) is 17.6 Å². The number of sulfonamides is 1. The first-order valence-corrected chi connectivity index (χ1v) is 8.70. The molecule has 2 rings (SSSR count). The molecule has 6 nitrogen and oxygen atoms in total. The second-order valence-electron chi connectivity index (χ2n) is 4.84. The van der Waals surface area contributed by atoms with Crippen molar-refractivity contribution in [3.8, 4) is 0 Å². The minimum absolute atomic E-state index is 0.00731. The number of thiophene rings is 1. The lowest BCUT2D eigenvalue weighted by atomic mass is 10.0. The van der Waals surface area contributed by atoms with Crippen molar-refractivity contribution in [1.29, 1.82) is 0 Å². The second kappa shape index (κ2) is 6.82. The molecule has 0 saturated carbocycles. The van der Waals surface area contributed by atoms with Crippen LogP contribution in [0.25, 0.3) is 0 Å². The molecular weight excluding hydrogens is 321 g/mol. The smallest absolute Gasteiger partial charge is 0.329 e. The Hall–Kier alpha value is -1.03. The molecule has 1 aromatic rings. The van der Waals surface area contributed by atoms with Crippen LogP contribution in [0, 0.1) is 11.0 Å². The number of halogens is 1. The lowest BCUT2D eigenvalue weighted by Gasteiger charge is -2.31. The third-order valence-corrected chi connectivity index (χ3v) is 6.41. The standard InChI is InChI=1S/C12H16FNO5S2/c13-10-3-4-12(20-10)21(17,18)14-5-1-2-9(6-14)7-19-8-11(15)16/h3-4,9H,1-2,5-8H2,(H,15,16). The first-order chi connectivity index (χ1) is 9.89. The van der Waals surface area contributed by atoms with E-state index in [0.717, 1.165) is 12.5 Å². The lowest BCUT2D eigenvalue weighted by molar-refractivity contribution is -0.142. The van der Waals surface area contributed by atoms with Crippen molar-refractivity contribution in [3.05, 3.63) is 17.3 Å². The zero-order chi connectivity index (χ0) is 15.5. The second-order valence-corrected chi connectivity index (χ2v) is 8.04. The molecule has 1 atom stereocenters. The molecule has 1 aromatic heterocycles. The molecule has 1 fully saturated rings.